The first-order valence-electron chi connectivity index (χ1n) is 5.88. The van der Waals surface area contributed by atoms with Crippen molar-refractivity contribution in [2.24, 2.45) is 0 Å². The summed E-state index contributed by atoms with van der Waals surface area (Å²) < 4.78 is 0. The van der Waals surface area contributed by atoms with Gasteiger partial charge in [-0.25, -0.2) is 0 Å². The third-order valence-electron chi connectivity index (χ3n) is 2.96. The van der Waals surface area contributed by atoms with Gasteiger partial charge >= 0.3 is 0 Å². The topological polar surface area (TPSA) is 27.8 Å². The number of fused-ring (bicyclic) bond motifs is 1. The second kappa shape index (κ2) is 4.75. The summed E-state index contributed by atoms with van der Waals surface area (Å²) in [4.78, 5) is 3.34. The average Bonchev–Trinajstić information content (AvgIpc) is 2.75. The average molecular weight is 257 g/mol. The van der Waals surface area contributed by atoms with Gasteiger partial charge in [0.25, 0.3) is 0 Å². The lowest BCUT2D eigenvalue weighted by Gasteiger charge is -2.04. The van der Waals surface area contributed by atoms with Gasteiger partial charge in [-0.2, -0.15) is 0 Å². The molecule has 0 fully saturated rings. The Labute approximate surface area is 111 Å². The van der Waals surface area contributed by atoms with Gasteiger partial charge in [0.05, 0.1) is 17.3 Å². The zero-order valence-electron chi connectivity index (χ0n) is 9.78. The largest absolute Gasteiger partial charge is 0.379 e. The molecule has 0 saturated heterocycles. The van der Waals surface area contributed by atoms with E-state index < -0.39 is 0 Å². The summed E-state index contributed by atoms with van der Waals surface area (Å²) in [5.74, 6) is 0. The molecular formula is C15H13ClN2. The van der Waals surface area contributed by atoms with E-state index >= 15 is 0 Å². The highest BCUT2D eigenvalue weighted by Gasteiger charge is 2.08. The van der Waals surface area contributed by atoms with Crippen molar-refractivity contribution in [2.75, 3.05) is 5.32 Å². The van der Waals surface area contributed by atoms with E-state index in [9.17, 15) is 0 Å². The molecule has 0 amide bonds. The van der Waals surface area contributed by atoms with E-state index in [1.54, 1.807) is 0 Å². The van der Waals surface area contributed by atoms with Gasteiger partial charge in [0.1, 0.15) is 0 Å². The summed E-state index contributed by atoms with van der Waals surface area (Å²) in [6.07, 6.45) is 0. The van der Waals surface area contributed by atoms with Crippen molar-refractivity contribution in [3.63, 3.8) is 0 Å². The monoisotopic (exact) mass is 256 g/mol. The highest BCUT2D eigenvalue weighted by molar-refractivity contribution is 6.36. The molecule has 0 radical (unpaired) electrons. The van der Waals surface area contributed by atoms with E-state index in [2.05, 4.69) is 10.3 Å². The van der Waals surface area contributed by atoms with Crippen molar-refractivity contribution in [3.8, 4) is 0 Å². The molecule has 18 heavy (non-hydrogen) atoms. The van der Waals surface area contributed by atoms with Crippen LogP contribution in [0.15, 0.2) is 54.6 Å². The van der Waals surface area contributed by atoms with Gasteiger partial charge < -0.3 is 10.3 Å². The molecular weight excluding hydrogens is 244 g/mol. The van der Waals surface area contributed by atoms with E-state index in [0.29, 0.717) is 6.54 Å². The van der Waals surface area contributed by atoms with E-state index in [1.807, 2.05) is 54.6 Å². The van der Waals surface area contributed by atoms with Crippen LogP contribution in [0.25, 0.3) is 10.9 Å². The number of hydrogen-bond acceptors (Lipinski definition) is 1. The first-order chi connectivity index (χ1) is 8.84. The van der Waals surface area contributed by atoms with Crippen LogP contribution >= 0.6 is 11.6 Å². The van der Waals surface area contributed by atoms with E-state index in [1.165, 1.54) is 0 Å². The maximum atomic E-state index is 6.35. The second-order valence-electron chi connectivity index (χ2n) is 4.18. The predicted octanol–water partition coefficient (Wildman–Crippen LogP) is 4.43. The lowest BCUT2D eigenvalue weighted by molar-refractivity contribution is 1.09. The van der Waals surface area contributed by atoms with Crippen LogP contribution < -0.4 is 5.32 Å². The Kier molecular flexibility index (Phi) is 2.95. The normalized spacial score (nSPS) is 10.7. The van der Waals surface area contributed by atoms with E-state index in [0.717, 1.165) is 27.3 Å². The number of aromatic amines is 1. The van der Waals surface area contributed by atoms with Crippen LogP contribution in [0.5, 0.6) is 0 Å². The highest BCUT2D eigenvalue weighted by Crippen LogP contribution is 2.27. The fourth-order valence-corrected chi connectivity index (χ4v) is 2.31. The molecule has 3 aromatic rings. The number of aromatic nitrogens is 1. The van der Waals surface area contributed by atoms with Crippen LogP contribution in [0.4, 0.5) is 5.69 Å². The van der Waals surface area contributed by atoms with Crippen LogP contribution in [-0.2, 0) is 6.54 Å². The Bertz CT molecular complexity index is 659. The van der Waals surface area contributed by atoms with Gasteiger partial charge in [-0.05, 0) is 18.2 Å². The van der Waals surface area contributed by atoms with Crippen molar-refractivity contribution in [2.45, 2.75) is 6.54 Å². The van der Waals surface area contributed by atoms with Gasteiger partial charge in [0.2, 0.25) is 0 Å². The molecule has 90 valence electrons. The summed E-state index contributed by atoms with van der Waals surface area (Å²) in [5.41, 5.74) is 3.18. The summed E-state index contributed by atoms with van der Waals surface area (Å²) in [5, 5.41) is 5.22. The highest BCUT2D eigenvalue weighted by atomic mass is 35.5. The number of benzene rings is 2. The quantitative estimate of drug-likeness (QED) is 0.713. The van der Waals surface area contributed by atoms with Gasteiger partial charge in [-0.3, -0.25) is 0 Å². The standard InChI is InChI=1S/C15H13ClN2/c16-15-12-8-4-5-9-13(12)18-14(15)10-17-11-6-2-1-3-7-11/h1-9,17-18H,10H2. The molecule has 0 atom stereocenters. The molecule has 0 bridgehead atoms. The Balaban J connectivity index is 1.85. The zero-order chi connectivity index (χ0) is 12.4. The fraction of sp³-hybridized carbons (Fsp3) is 0.0667. The molecule has 0 aliphatic rings. The third-order valence-corrected chi connectivity index (χ3v) is 3.39. The molecule has 3 rings (SSSR count). The number of anilines is 1. The van der Waals surface area contributed by atoms with Crippen molar-refractivity contribution >= 4 is 28.2 Å². The minimum Gasteiger partial charge on any atom is -0.379 e. The molecule has 2 N–H and O–H groups in total. The summed E-state index contributed by atoms with van der Waals surface area (Å²) in [6, 6.07) is 18.2. The Morgan fingerprint density at radius 3 is 2.44 bits per heavy atom. The molecule has 2 aromatic carbocycles. The SMILES string of the molecule is Clc1c(CNc2ccccc2)[nH]c2ccccc12. The summed E-state index contributed by atoms with van der Waals surface area (Å²) in [6.45, 7) is 0.692. The summed E-state index contributed by atoms with van der Waals surface area (Å²) >= 11 is 6.35. The number of hydrogen-bond donors (Lipinski definition) is 2. The third kappa shape index (κ3) is 2.07. The number of nitrogens with one attached hydrogen (secondary N) is 2. The molecule has 0 unspecified atom stereocenters. The van der Waals surface area contributed by atoms with Crippen LogP contribution in [-0.4, -0.2) is 4.98 Å². The minimum absolute atomic E-state index is 0.692. The molecule has 1 heterocycles. The molecule has 0 saturated carbocycles. The van der Waals surface area contributed by atoms with Gasteiger partial charge in [-0.15, -0.1) is 0 Å². The zero-order valence-corrected chi connectivity index (χ0v) is 10.5. The van der Waals surface area contributed by atoms with Crippen molar-refractivity contribution in [3.05, 3.63) is 65.3 Å². The van der Waals surface area contributed by atoms with Gasteiger partial charge in [-0.1, -0.05) is 48.0 Å². The number of rotatable bonds is 3. The Hall–Kier alpha value is -1.93. The van der Waals surface area contributed by atoms with E-state index in [-0.39, 0.29) is 0 Å². The number of H-pyrrole nitrogens is 1. The lowest BCUT2D eigenvalue weighted by atomic mass is 10.2. The predicted molar refractivity (Wildman–Crippen MR) is 77.1 cm³/mol. The molecule has 1 aromatic heterocycles. The molecule has 0 spiro atoms. The van der Waals surface area contributed by atoms with Crippen LogP contribution in [0.1, 0.15) is 5.69 Å². The van der Waals surface area contributed by atoms with Crippen molar-refractivity contribution in [1.29, 1.82) is 0 Å². The minimum atomic E-state index is 0.692. The maximum Gasteiger partial charge on any atom is 0.0710 e. The lowest BCUT2D eigenvalue weighted by Crippen LogP contribution is -1.99. The van der Waals surface area contributed by atoms with Crippen LogP contribution in [0.2, 0.25) is 5.02 Å². The molecule has 0 aliphatic heterocycles. The van der Waals surface area contributed by atoms with E-state index in [4.69, 9.17) is 11.6 Å². The van der Waals surface area contributed by atoms with Crippen molar-refractivity contribution < 1.29 is 0 Å². The first-order valence-corrected chi connectivity index (χ1v) is 6.26. The molecule has 2 nitrogen and oxygen atoms in total. The summed E-state index contributed by atoms with van der Waals surface area (Å²) in [7, 11) is 0. The molecule has 3 heteroatoms. The number of para-hydroxylation sites is 2. The van der Waals surface area contributed by atoms with Gasteiger partial charge in [0, 0.05) is 16.6 Å². The van der Waals surface area contributed by atoms with Crippen molar-refractivity contribution in [1.82, 2.24) is 4.98 Å². The Morgan fingerprint density at radius 2 is 1.67 bits per heavy atom. The first kappa shape index (κ1) is 11.2. The maximum absolute atomic E-state index is 6.35. The smallest absolute Gasteiger partial charge is 0.0710 e. The number of halogens is 1. The van der Waals surface area contributed by atoms with Crippen LogP contribution in [0, 0.1) is 0 Å². The Morgan fingerprint density at radius 1 is 0.944 bits per heavy atom. The molecule has 0 aliphatic carbocycles. The fourth-order valence-electron chi connectivity index (χ4n) is 2.03. The second-order valence-corrected chi connectivity index (χ2v) is 4.56. The van der Waals surface area contributed by atoms with Crippen LogP contribution in [0.3, 0.4) is 0 Å². The van der Waals surface area contributed by atoms with Gasteiger partial charge in [0.15, 0.2) is 0 Å².